The number of hydrogen-bond donors (Lipinski definition) is 3. The fourth-order valence-electron chi connectivity index (χ4n) is 2.66. The van der Waals surface area contributed by atoms with E-state index in [1.165, 1.54) is 0 Å². The van der Waals surface area contributed by atoms with Gasteiger partial charge < -0.3 is 15.4 Å². The summed E-state index contributed by atoms with van der Waals surface area (Å²) in [6, 6.07) is 7.40. The van der Waals surface area contributed by atoms with Crippen molar-refractivity contribution in [2.75, 3.05) is 26.3 Å². The van der Waals surface area contributed by atoms with Gasteiger partial charge in [0.2, 0.25) is 10.0 Å². The summed E-state index contributed by atoms with van der Waals surface area (Å²) >= 11 is 0. The van der Waals surface area contributed by atoms with Gasteiger partial charge in [-0.3, -0.25) is 0 Å². The molecule has 0 bridgehead atoms. The first-order valence-corrected chi connectivity index (χ1v) is 12.1. The van der Waals surface area contributed by atoms with Crippen molar-refractivity contribution in [3.05, 3.63) is 35.4 Å². The van der Waals surface area contributed by atoms with E-state index in [2.05, 4.69) is 34.2 Å². The first kappa shape index (κ1) is 25.4. The summed E-state index contributed by atoms with van der Waals surface area (Å²) < 4.78 is 32.8. The molecular formula is C21H38N4O3S. The van der Waals surface area contributed by atoms with Crippen molar-refractivity contribution in [1.29, 1.82) is 0 Å². The lowest BCUT2D eigenvalue weighted by Gasteiger charge is -2.14. The summed E-state index contributed by atoms with van der Waals surface area (Å²) in [6.45, 7) is 13.3. The number of benzene rings is 1. The van der Waals surface area contributed by atoms with Crippen molar-refractivity contribution in [2.24, 2.45) is 10.9 Å². The van der Waals surface area contributed by atoms with Gasteiger partial charge in [-0.15, -0.1) is 0 Å². The minimum absolute atomic E-state index is 0.0476. The maximum atomic E-state index is 12.3. The quantitative estimate of drug-likeness (QED) is 0.256. The average Bonchev–Trinajstić information content (AvgIpc) is 2.61. The molecule has 29 heavy (non-hydrogen) atoms. The van der Waals surface area contributed by atoms with E-state index in [1.54, 1.807) is 0 Å². The summed E-state index contributed by atoms with van der Waals surface area (Å²) in [7, 11) is -3.38. The zero-order valence-corrected chi connectivity index (χ0v) is 19.3. The lowest BCUT2D eigenvalue weighted by atomic mass is 10.1. The topological polar surface area (TPSA) is 91.8 Å². The van der Waals surface area contributed by atoms with Crippen LogP contribution < -0.4 is 15.4 Å². The monoisotopic (exact) mass is 426 g/mol. The normalized spacial score (nSPS) is 12.6. The highest BCUT2D eigenvalue weighted by Gasteiger charge is 2.15. The number of aliphatic imine (C=N–C) groups is 1. The van der Waals surface area contributed by atoms with Crippen molar-refractivity contribution in [3.63, 3.8) is 0 Å². The third kappa shape index (κ3) is 11.8. The van der Waals surface area contributed by atoms with Crippen LogP contribution in [0, 0.1) is 5.92 Å². The molecule has 0 aliphatic rings. The highest BCUT2D eigenvalue weighted by atomic mass is 32.2. The van der Waals surface area contributed by atoms with Crippen LogP contribution in [0.2, 0.25) is 0 Å². The van der Waals surface area contributed by atoms with Crippen molar-refractivity contribution in [2.45, 2.75) is 59.4 Å². The maximum Gasteiger partial charge on any atom is 0.216 e. The van der Waals surface area contributed by atoms with Gasteiger partial charge in [0.15, 0.2) is 5.96 Å². The van der Waals surface area contributed by atoms with Gasteiger partial charge in [-0.25, -0.2) is 18.1 Å². The summed E-state index contributed by atoms with van der Waals surface area (Å²) in [5.41, 5.74) is 1.67. The lowest BCUT2D eigenvalue weighted by molar-refractivity contribution is 0.108. The number of nitrogens with zero attached hydrogens (tertiary/aromatic N) is 1. The molecule has 0 aliphatic carbocycles. The molecule has 0 aliphatic heterocycles. The van der Waals surface area contributed by atoms with Crippen LogP contribution in [0.1, 0.15) is 52.2 Å². The van der Waals surface area contributed by atoms with Crippen molar-refractivity contribution in [3.8, 4) is 0 Å². The van der Waals surface area contributed by atoms with Crippen molar-refractivity contribution >= 4 is 16.0 Å². The largest absolute Gasteiger partial charge is 0.381 e. The van der Waals surface area contributed by atoms with E-state index in [0.717, 1.165) is 37.2 Å². The van der Waals surface area contributed by atoms with Gasteiger partial charge >= 0.3 is 0 Å². The van der Waals surface area contributed by atoms with E-state index >= 15 is 0 Å². The zero-order chi connectivity index (χ0) is 21.7. The second-order valence-corrected chi connectivity index (χ2v) is 9.50. The third-order valence-electron chi connectivity index (χ3n) is 3.84. The molecule has 0 unspecified atom stereocenters. The fourth-order valence-corrected chi connectivity index (χ4v) is 4.16. The summed E-state index contributed by atoms with van der Waals surface area (Å²) in [5, 5.41) is 6.52. The number of guanidine groups is 1. The molecule has 166 valence electrons. The highest BCUT2D eigenvalue weighted by Crippen LogP contribution is 2.13. The van der Waals surface area contributed by atoms with E-state index < -0.39 is 10.0 Å². The van der Waals surface area contributed by atoms with Crippen LogP contribution in [-0.4, -0.2) is 46.7 Å². The SMILES string of the molecule is CCNC(=NCc1ccccc1CS(=O)(=O)NC(C)C)NCCCOCC(C)C. The molecule has 0 aromatic heterocycles. The Hall–Kier alpha value is -1.64. The lowest BCUT2D eigenvalue weighted by Crippen LogP contribution is -2.38. The van der Waals surface area contributed by atoms with Crippen LogP contribution in [0.4, 0.5) is 0 Å². The Balaban J connectivity index is 2.67. The molecule has 0 heterocycles. The van der Waals surface area contributed by atoms with Crippen molar-refractivity contribution in [1.82, 2.24) is 15.4 Å². The predicted molar refractivity (Wildman–Crippen MR) is 120 cm³/mol. The Morgan fingerprint density at radius 1 is 1.10 bits per heavy atom. The second kappa shape index (κ2) is 13.6. The molecule has 0 saturated carbocycles. The average molecular weight is 427 g/mol. The molecule has 0 spiro atoms. The molecule has 0 radical (unpaired) electrons. The molecule has 0 amide bonds. The zero-order valence-electron chi connectivity index (χ0n) is 18.5. The Morgan fingerprint density at radius 2 is 1.79 bits per heavy atom. The van der Waals surface area contributed by atoms with Gasteiger partial charge in [-0.1, -0.05) is 38.1 Å². The van der Waals surface area contributed by atoms with Crippen LogP contribution in [-0.2, 0) is 27.1 Å². The Labute approximate surface area is 176 Å². The number of sulfonamides is 1. The van der Waals surface area contributed by atoms with Crippen LogP contribution in [0.5, 0.6) is 0 Å². The van der Waals surface area contributed by atoms with Gasteiger partial charge in [0.1, 0.15) is 0 Å². The second-order valence-electron chi connectivity index (χ2n) is 7.74. The Kier molecular flexibility index (Phi) is 11.9. The molecule has 7 nitrogen and oxygen atoms in total. The third-order valence-corrected chi connectivity index (χ3v) is 5.36. The van der Waals surface area contributed by atoms with Crippen LogP contribution in [0.15, 0.2) is 29.3 Å². The summed E-state index contributed by atoms with van der Waals surface area (Å²) in [5.74, 6) is 1.21. The van der Waals surface area contributed by atoms with E-state index in [9.17, 15) is 8.42 Å². The van der Waals surface area contributed by atoms with Gasteiger partial charge in [0.05, 0.1) is 12.3 Å². The number of ether oxygens (including phenoxy) is 1. The first-order valence-electron chi connectivity index (χ1n) is 10.4. The Bertz CT molecular complexity index is 718. The molecule has 0 atom stereocenters. The van der Waals surface area contributed by atoms with Crippen LogP contribution >= 0.6 is 0 Å². The minimum Gasteiger partial charge on any atom is -0.381 e. The standard InChI is InChI=1S/C21H38N4O3S/c1-6-22-21(23-12-9-13-28-15-17(2)3)24-14-19-10-7-8-11-20(19)16-29(26,27)25-18(4)5/h7-8,10-11,17-18,25H,6,9,12-16H2,1-5H3,(H2,22,23,24). The molecule has 1 aromatic carbocycles. The van der Waals surface area contributed by atoms with Gasteiger partial charge in [0, 0.05) is 32.3 Å². The minimum atomic E-state index is -3.38. The highest BCUT2D eigenvalue weighted by molar-refractivity contribution is 7.88. The van der Waals surface area contributed by atoms with Gasteiger partial charge in [0.25, 0.3) is 0 Å². The first-order chi connectivity index (χ1) is 13.7. The number of nitrogens with one attached hydrogen (secondary N) is 3. The van der Waals surface area contributed by atoms with Gasteiger partial charge in [-0.2, -0.15) is 0 Å². The number of hydrogen-bond acceptors (Lipinski definition) is 4. The molecular weight excluding hydrogens is 388 g/mol. The van der Waals surface area contributed by atoms with Crippen LogP contribution in [0.25, 0.3) is 0 Å². The molecule has 3 N–H and O–H groups in total. The maximum absolute atomic E-state index is 12.3. The van der Waals surface area contributed by atoms with E-state index in [4.69, 9.17) is 4.74 Å². The summed E-state index contributed by atoms with van der Waals surface area (Å²) in [4.78, 5) is 4.62. The number of rotatable bonds is 13. The van der Waals surface area contributed by atoms with E-state index in [0.29, 0.717) is 25.0 Å². The molecule has 8 heteroatoms. The molecule has 0 fully saturated rings. The predicted octanol–water partition coefficient (Wildman–Crippen LogP) is 2.63. The van der Waals surface area contributed by atoms with E-state index in [1.807, 2.05) is 45.0 Å². The molecule has 1 aromatic rings. The smallest absolute Gasteiger partial charge is 0.216 e. The van der Waals surface area contributed by atoms with Gasteiger partial charge in [-0.05, 0) is 44.2 Å². The fraction of sp³-hybridized carbons (Fsp3) is 0.667. The molecule has 1 rings (SSSR count). The Morgan fingerprint density at radius 3 is 2.41 bits per heavy atom. The van der Waals surface area contributed by atoms with E-state index in [-0.39, 0.29) is 11.8 Å². The van der Waals surface area contributed by atoms with Crippen molar-refractivity contribution < 1.29 is 13.2 Å². The molecule has 0 saturated heterocycles. The summed E-state index contributed by atoms with van der Waals surface area (Å²) in [6.07, 6.45) is 0.896. The van der Waals surface area contributed by atoms with Crippen LogP contribution in [0.3, 0.4) is 0 Å².